The normalized spacial score (nSPS) is 19.4. The Hall–Kier alpha value is -2.35. The van der Waals surface area contributed by atoms with Crippen LogP contribution in [0.1, 0.15) is 12.7 Å². The van der Waals surface area contributed by atoms with Crippen molar-refractivity contribution in [2.45, 2.75) is 6.92 Å². The number of furan rings is 1. The molecule has 0 bridgehead atoms. The fourth-order valence-electron chi connectivity index (χ4n) is 1.71. The summed E-state index contributed by atoms with van der Waals surface area (Å²) in [5.74, 6) is 0.558. The minimum absolute atomic E-state index is 0.0827. The van der Waals surface area contributed by atoms with Gasteiger partial charge >= 0.3 is 0 Å². The molecule has 1 amide bonds. The van der Waals surface area contributed by atoms with Gasteiger partial charge in [-0.1, -0.05) is 0 Å². The van der Waals surface area contributed by atoms with E-state index in [2.05, 4.69) is 15.3 Å². The highest BCUT2D eigenvalue weighted by atomic mass is 32.2. The number of carbonyl (C=O) groups is 1. The SMILES string of the molecule is CCN1C(=O)C(=Cc2ccco2)SC1=Nn1cnnc1. The zero-order chi connectivity index (χ0) is 13.9. The van der Waals surface area contributed by atoms with Gasteiger partial charge in [0.05, 0.1) is 11.2 Å². The van der Waals surface area contributed by atoms with Gasteiger partial charge in [-0.15, -0.1) is 15.3 Å². The molecule has 0 aromatic carbocycles. The topological polar surface area (TPSA) is 76.5 Å². The number of amidine groups is 1. The molecule has 1 aliphatic rings. The fraction of sp³-hybridized carbons (Fsp3) is 0.167. The lowest BCUT2D eigenvalue weighted by molar-refractivity contribution is -0.122. The minimum Gasteiger partial charge on any atom is -0.465 e. The van der Waals surface area contributed by atoms with Gasteiger partial charge in [-0.25, -0.2) is 4.68 Å². The van der Waals surface area contributed by atoms with Crippen molar-refractivity contribution in [1.29, 1.82) is 0 Å². The smallest absolute Gasteiger partial charge is 0.266 e. The van der Waals surface area contributed by atoms with Gasteiger partial charge in [-0.3, -0.25) is 9.69 Å². The van der Waals surface area contributed by atoms with Crippen molar-refractivity contribution in [2.24, 2.45) is 5.10 Å². The summed E-state index contributed by atoms with van der Waals surface area (Å²) in [6, 6.07) is 3.58. The molecule has 2 aromatic heterocycles. The molecule has 2 aromatic rings. The molecular weight excluding hydrogens is 278 g/mol. The Morgan fingerprint density at radius 3 is 2.90 bits per heavy atom. The van der Waals surface area contributed by atoms with Gasteiger partial charge in [0.15, 0.2) is 5.17 Å². The number of nitrogens with zero attached hydrogens (tertiary/aromatic N) is 5. The van der Waals surface area contributed by atoms with Crippen LogP contribution in [0.4, 0.5) is 0 Å². The third-order valence-corrected chi connectivity index (χ3v) is 3.63. The Labute approximate surface area is 119 Å². The van der Waals surface area contributed by atoms with Crippen LogP contribution in [0.3, 0.4) is 0 Å². The number of hydrogen-bond acceptors (Lipinski definition) is 6. The van der Waals surface area contributed by atoms with Crippen LogP contribution in [0.15, 0.2) is 45.5 Å². The second-order valence-electron chi connectivity index (χ2n) is 3.90. The summed E-state index contributed by atoms with van der Waals surface area (Å²) in [5, 5.41) is 12.3. The molecule has 0 aliphatic carbocycles. The second-order valence-corrected chi connectivity index (χ2v) is 4.91. The first kappa shape index (κ1) is 12.7. The molecule has 1 fully saturated rings. The van der Waals surface area contributed by atoms with Gasteiger partial charge in [0, 0.05) is 12.6 Å². The molecule has 0 radical (unpaired) electrons. The molecule has 1 saturated heterocycles. The van der Waals surface area contributed by atoms with Crippen molar-refractivity contribution in [2.75, 3.05) is 6.54 Å². The number of rotatable bonds is 3. The molecule has 3 heterocycles. The number of likely N-dealkylation sites (N-methyl/N-ethyl adjacent to an activating group) is 1. The van der Waals surface area contributed by atoms with Crippen LogP contribution < -0.4 is 0 Å². The Bertz CT molecular complexity index is 660. The van der Waals surface area contributed by atoms with Crippen LogP contribution in [-0.2, 0) is 4.79 Å². The second kappa shape index (κ2) is 5.33. The average Bonchev–Trinajstić information content (AvgIpc) is 3.15. The predicted octanol–water partition coefficient (Wildman–Crippen LogP) is 1.63. The van der Waals surface area contributed by atoms with Gasteiger partial charge in [0.25, 0.3) is 5.91 Å². The third-order valence-electron chi connectivity index (χ3n) is 2.63. The quantitative estimate of drug-likeness (QED) is 0.803. The monoisotopic (exact) mass is 289 g/mol. The molecule has 102 valence electrons. The molecule has 0 atom stereocenters. The van der Waals surface area contributed by atoms with E-state index in [4.69, 9.17) is 4.42 Å². The molecular formula is C12H11N5O2S. The van der Waals surface area contributed by atoms with Crippen LogP contribution in [0.25, 0.3) is 6.08 Å². The van der Waals surface area contributed by atoms with Crippen molar-refractivity contribution in [3.8, 4) is 0 Å². The molecule has 0 spiro atoms. The van der Waals surface area contributed by atoms with Crippen LogP contribution in [0, 0.1) is 0 Å². The Morgan fingerprint density at radius 2 is 2.25 bits per heavy atom. The van der Waals surface area contributed by atoms with E-state index in [0.29, 0.717) is 22.4 Å². The summed E-state index contributed by atoms with van der Waals surface area (Å²) in [7, 11) is 0. The molecule has 0 N–H and O–H groups in total. The lowest BCUT2D eigenvalue weighted by Gasteiger charge is -2.11. The first-order chi connectivity index (χ1) is 9.78. The van der Waals surface area contributed by atoms with E-state index in [-0.39, 0.29) is 5.91 Å². The van der Waals surface area contributed by atoms with E-state index < -0.39 is 0 Å². The standard InChI is InChI=1S/C12H11N5O2S/c1-2-17-11(18)10(6-9-4-3-5-19-9)20-12(17)15-16-7-13-14-8-16/h3-8H,2H2,1H3. The molecule has 20 heavy (non-hydrogen) atoms. The third kappa shape index (κ3) is 2.37. The van der Waals surface area contributed by atoms with E-state index in [1.807, 2.05) is 6.92 Å². The number of amides is 1. The molecule has 8 heteroatoms. The maximum atomic E-state index is 12.3. The maximum Gasteiger partial charge on any atom is 0.266 e. The van der Waals surface area contributed by atoms with E-state index in [1.165, 1.54) is 29.1 Å². The summed E-state index contributed by atoms with van der Waals surface area (Å²) >= 11 is 1.30. The highest BCUT2D eigenvalue weighted by Gasteiger charge is 2.32. The zero-order valence-electron chi connectivity index (χ0n) is 10.6. The summed E-state index contributed by atoms with van der Waals surface area (Å²) in [5.41, 5.74) is 0. The number of aromatic nitrogens is 3. The predicted molar refractivity (Wildman–Crippen MR) is 74.5 cm³/mol. The molecule has 3 rings (SSSR count). The highest BCUT2D eigenvalue weighted by Crippen LogP contribution is 2.32. The van der Waals surface area contributed by atoms with Crippen LogP contribution in [-0.4, -0.2) is 37.4 Å². The first-order valence-electron chi connectivity index (χ1n) is 5.96. The van der Waals surface area contributed by atoms with Gasteiger partial charge in [0.2, 0.25) is 0 Å². The maximum absolute atomic E-state index is 12.3. The summed E-state index contributed by atoms with van der Waals surface area (Å²) < 4.78 is 6.69. The Kier molecular flexibility index (Phi) is 3.38. The molecule has 1 aliphatic heterocycles. The van der Waals surface area contributed by atoms with Crippen molar-refractivity contribution in [3.63, 3.8) is 0 Å². The van der Waals surface area contributed by atoms with Crippen molar-refractivity contribution >= 4 is 28.9 Å². The summed E-state index contributed by atoms with van der Waals surface area (Å²) in [6.45, 7) is 2.44. The number of thioether (sulfide) groups is 1. The Morgan fingerprint density at radius 1 is 1.45 bits per heavy atom. The first-order valence-corrected chi connectivity index (χ1v) is 6.78. The largest absolute Gasteiger partial charge is 0.465 e. The molecule has 7 nitrogen and oxygen atoms in total. The molecule has 0 unspecified atom stereocenters. The average molecular weight is 289 g/mol. The van der Waals surface area contributed by atoms with E-state index >= 15 is 0 Å². The zero-order valence-corrected chi connectivity index (χ0v) is 11.4. The lowest BCUT2D eigenvalue weighted by Crippen LogP contribution is -2.29. The summed E-state index contributed by atoms with van der Waals surface area (Å²) in [6.07, 6.45) is 6.23. The van der Waals surface area contributed by atoms with Crippen molar-refractivity contribution < 1.29 is 9.21 Å². The lowest BCUT2D eigenvalue weighted by atomic mass is 10.3. The number of hydrogen-bond donors (Lipinski definition) is 0. The van der Waals surface area contributed by atoms with Gasteiger partial charge in [0.1, 0.15) is 18.4 Å². The Balaban J connectivity index is 1.92. The minimum atomic E-state index is -0.0827. The number of carbonyl (C=O) groups excluding carboxylic acids is 1. The van der Waals surface area contributed by atoms with Crippen LogP contribution in [0.5, 0.6) is 0 Å². The van der Waals surface area contributed by atoms with E-state index in [1.54, 1.807) is 29.4 Å². The van der Waals surface area contributed by atoms with E-state index in [9.17, 15) is 4.79 Å². The van der Waals surface area contributed by atoms with Crippen molar-refractivity contribution in [3.05, 3.63) is 41.7 Å². The van der Waals surface area contributed by atoms with Crippen LogP contribution >= 0.6 is 11.8 Å². The molecule has 0 saturated carbocycles. The summed E-state index contributed by atoms with van der Waals surface area (Å²) in [4.78, 5) is 14.4. The van der Waals surface area contributed by atoms with E-state index in [0.717, 1.165) is 0 Å². The fourth-order valence-corrected chi connectivity index (χ4v) is 2.74. The van der Waals surface area contributed by atoms with Crippen LogP contribution in [0.2, 0.25) is 0 Å². The highest BCUT2D eigenvalue weighted by molar-refractivity contribution is 8.18. The van der Waals surface area contributed by atoms with Crippen molar-refractivity contribution in [1.82, 2.24) is 19.8 Å². The van der Waals surface area contributed by atoms with Gasteiger partial charge in [-0.05, 0) is 30.8 Å². The van der Waals surface area contributed by atoms with Gasteiger partial charge < -0.3 is 4.42 Å². The van der Waals surface area contributed by atoms with Gasteiger partial charge in [-0.2, -0.15) is 0 Å².